The Labute approximate surface area is 130 Å². The maximum absolute atomic E-state index is 12.2. The van der Waals surface area contributed by atoms with Gasteiger partial charge in [0.1, 0.15) is 0 Å². The van der Waals surface area contributed by atoms with Gasteiger partial charge < -0.3 is 11.1 Å². The Kier molecular flexibility index (Phi) is 3.92. The maximum atomic E-state index is 12.2. The lowest BCUT2D eigenvalue weighted by atomic mass is 10.2. The van der Waals surface area contributed by atoms with Crippen molar-refractivity contribution in [1.82, 2.24) is 20.3 Å². The standard InChI is InChI=1S/C14H16BrN5O/c15-9-5-7-11(8-6-9)20-13(16)12(18-19-20)14(21)17-10-3-1-2-4-10/h5-8,10H,1-4,16H2,(H,17,21). The largest absolute Gasteiger partial charge is 0.382 e. The lowest BCUT2D eigenvalue weighted by Gasteiger charge is -2.10. The van der Waals surface area contributed by atoms with E-state index in [4.69, 9.17) is 5.73 Å². The van der Waals surface area contributed by atoms with Crippen LogP contribution in [-0.4, -0.2) is 26.9 Å². The summed E-state index contributed by atoms with van der Waals surface area (Å²) >= 11 is 3.37. The van der Waals surface area contributed by atoms with Crippen molar-refractivity contribution in [3.8, 4) is 5.69 Å². The van der Waals surface area contributed by atoms with Crippen LogP contribution in [0.4, 0.5) is 5.82 Å². The number of benzene rings is 1. The van der Waals surface area contributed by atoms with Crippen LogP contribution in [0.1, 0.15) is 36.2 Å². The Bertz CT molecular complexity index is 646. The number of hydrogen-bond donors (Lipinski definition) is 2. The van der Waals surface area contributed by atoms with Crippen LogP contribution >= 0.6 is 15.9 Å². The third-order valence-corrected chi connectivity index (χ3v) is 4.21. The monoisotopic (exact) mass is 349 g/mol. The van der Waals surface area contributed by atoms with Gasteiger partial charge in [-0.3, -0.25) is 4.79 Å². The van der Waals surface area contributed by atoms with Gasteiger partial charge in [-0.2, -0.15) is 4.68 Å². The van der Waals surface area contributed by atoms with Crippen molar-refractivity contribution in [3.63, 3.8) is 0 Å². The van der Waals surface area contributed by atoms with E-state index >= 15 is 0 Å². The molecular formula is C14H16BrN5O. The summed E-state index contributed by atoms with van der Waals surface area (Å²) in [5, 5.41) is 10.9. The number of halogens is 1. The number of rotatable bonds is 3. The molecule has 3 rings (SSSR count). The molecule has 0 spiro atoms. The second-order valence-electron chi connectivity index (χ2n) is 5.17. The molecule has 6 nitrogen and oxygen atoms in total. The first kappa shape index (κ1) is 14.1. The number of nitrogens with two attached hydrogens (primary N) is 1. The van der Waals surface area contributed by atoms with Crippen LogP contribution in [0.5, 0.6) is 0 Å². The second-order valence-corrected chi connectivity index (χ2v) is 6.08. The summed E-state index contributed by atoms with van der Waals surface area (Å²) in [5.41, 5.74) is 6.97. The quantitative estimate of drug-likeness (QED) is 0.889. The summed E-state index contributed by atoms with van der Waals surface area (Å²) in [6.07, 6.45) is 4.36. The molecule has 1 amide bonds. The fourth-order valence-corrected chi connectivity index (χ4v) is 2.81. The molecule has 1 fully saturated rings. The average Bonchev–Trinajstić information content (AvgIpc) is 3.09. The van der Waals surface area contributed by atoms with Crippen LogP contribution in [0.25, 0.3) is 5.69 Å². The smallest absolute Gasteiger partial charge is 0.275 e. The van der Waals surface area contributed by atoms with Crippen LogP contribution in [0, 0.1) is 0 Å². The number of carbonyl (C=O) groups excluding carboxylic acids is 1. The highest BCUT2D eigenvalue weighted by atomic mass is 79.9. The van der Waals surface area contributed by atoms with Crippen molar-refractivity contribution in [3.05, 3.63) is 34.4 Å². The van der Waals surface area contributed by atoms with Crippen LogP contribution in [-0.2, 0) is 0 Å². The van der Waals surface area contributed by atoms with E-state index < -0.39 is 0 Å². The van der Waals surface area contributed by atoms with Crippen LogP contribution in [0.15, 0.2) is 28.7 Å². The molecule has 1 heterocycles. The number of hydrogen-bond acceptors (Lipinski definition) is 4. The first-order valence-corrected chi connectivity index (χ1v) is 7.72. The molecule has 1 aromatic carbocycles. The Morgan fingerprint density at radius 3 is 2.62 bits per heavy atom. The van der Waals surface area contributed by atoms with E-state index in [0.717, 1.165) is 35.8 Å². The average molecular weight is 350 g/mol. The lowest BCUT2D eigenvalue weighted by Crippen LogP contribution is -2.33. The molecule has 0 bridgehead atoms. The molecule has 0 atom stereocenters. The van der Waals surface area contributed by atoms with Crippen molar-refractivity contribution in [2.75, 3.05) is 5.73 Å². The van der Waals surface area contributed by atoms with Gasteiger partial charge in [0.25, 0.3) is 5.91 Å². The molecule has 110 valence electrons. The number of anilines is 1. The van der Waals surface area contributed by atoms with Gasteiger partial charge in [-0.05, 0) is 37.1 Å². The maximum Gasteiger partial charge on any atom is 0.275 e. The Morgan fingerprint density at radius 2 is 1.95 bits per heavy atom. The van der Waals surface area contributed by atoms with Crippen molar-refractivity contribution in [2.24, 2.45) is 0 Å². The SMILES string of the molecule is Nc1c(C(=O)NC2CCCC2)nnn1-c1ccc(Br)cc1. The van der Waals surface area contributed by atoms with Gasteiger partial charge >= 0.3 is 0 Å². The minimum Gasteiger partial charge on any atom is -0.382 e. The van der Waals surface area contributed by atoms with Gasteiger partial charge in [0.2, 0.25) is 0 Å². The molecule has 0 saturated heterocycles. The van der Waals surface area contributed by atoms with Crippen molar-refractivity contribution in [1.29, 1.82) is 0 Å². The summed E-state index contributed by atoms with van der Waals surface area (Å²) in [4.78, 5) is 12.2. The zero-order valence-corrected chi connectivity index (χ0v) is 13.0. The van der Waals surface area contributed by atoms with Gasteiger partial charge in [0.15, 0.2) is 11.5 Å². The summed E-state index contributed by atoms with van der Waals surface area (Å²) in [6.45, 7) is 0. The molecule has 0 unspecified atom stereocenters. The lowest BCUT2D eigenvalue weighted by molar-refractivity contribution is 0.0933. The highest BCUT2D eigenvalue weighted by Crippen LogP contribution is 2.20. The minimum absolute atomic E-state index is 0.185. The summed E-state index contributed by atoms with van der Waals surface area (Å²) in [5.74, 6) is 0.00980. The van der Waals surface area contributed by atoms with Crippen LogP contribution < -0.4 is 11.1 Å². The number of amides is 1. The molecule has 1 aliphatic carbocycles. The molecule has 1 aromatic heterocycles. The zero-order chi connectivity index (χ0) is 14.8. The molecule has 3 N–H and O–H groups in total. The first-order valence-electron chi connectivity index (χ1n) is 6.93. The Hall–Kier alpha value is -1.89. The van der Waals surface area contributed by atoms with Crippen LogP contribution in [0.3, 0.4) is 0 Å². The summed E-state index contributed by atoms with van der Waals surface area (Å²) in [6, 6.07) is 7.71. The molecule has 1 aliphatic rings. The Balaban J connectivity index is 1.81. The first-order chi connectivity index (χ1) is 10.1. The molecule has 21 heavy (non-hydrogen) atoms. The van der Waals surface area contributed by atoms with E-state index in [0.29, 0.717) is 0 Å². The van der Waals surface area contributed by atoms with Crippen molar-refractivity contribution < 1.29 is 4.79 Å². The van der Waals surface area contributed by atoms with Crippen LogP contribution in [0.2, 0.25) is 0 Å². The van der Waals surface area contributed by atoms with Crippen molar-refractivity contribution >= 4 is 27.7 Å². The number of nitrogen functional groups attached to an aromatic ring is 1. The van der Waals surface area contributed by atoms with E-state index in [1.165, 1.54) is 4.68 Å². The summed E-state index contributed by atoms with van der Waals surface area (Å²) in [7, 11) is 0. The van der Waals surface area contributed by atoms with Gasteiger partial charge in [0.05, 0.1) is 5.69 Å². The van der Waals surface area contributed by atoms with E-state index in [-0.39, 0.29) is 23.5 Å². The zero-order valence-electron chi connectivity index (χ0n) is 11.4. The van der Waals surface area contributed by atoms with Gasteiger partial charge in [0, 0.05) is 10.5 Å². The second kappa shape index (κ2) is 5.85. The predicted octanol–water partition coefficient (Wildman–Crippen LogP) is 2.28. The van der Waals surface area contributed by atoms with E-state index in [1.54, 1.807) is 0 Å². The third kappa shape index (κ3) is 2.92. The summed E-state index contributed by atoms with van der Waals surface area (Å²) < 4.78 is 2.43. The van der Waals surface area contributed by atoms with Gasteiger partial charge in [-0.15, -0.1) is 5.10 Å². The highest BCUT2D eigenvalue weighted by molar-refractivity contribution is 9.10. The fraction of sp³-hybridized carbons (Fsp3) is 0.357. The van der Waals surface area contributed by atoms with Gasteiger partial charge in [-0.1, -0.05) is 34.0 Å². The third-order valence-electron chi connectivity index (χ3n) is 3.68. The fourth-order valence-electron chi connectivity index (χ4n) is 2.55. The molecule has 2 aromatic rings. The molecule has 0 aliphatic heterocycles. The van der Waals surface area contributed by atoms with E-state index in [9.17, 15) is 4.79 Å². The number of nitrogens with zero attached hydrogens (tertiary/aromatic N) is 3. The molecule has 0 radical (unpaired) electrons. The Morgan fingerprint density at radius 1 is 1.29 bits per heavy atom. The number of aromatic nitrogens is 3. The molecule has 1 saturated carbocycles. The van der Waals surface area contributed by atoms with E-state index in [1.807, 2.05) is 24.3 Å². The minimum atomic E-state index is -0.247. The number of nitrogens with one attached hydrogen (secondary N) is 1. The number of carbonyl (C=O) groups is 1. The highest BCUT2D eigenvalue weighted by Gasteiger charge is 2.23. The normalized spacial score (nSPS) is 15.3. The van der Waals surface area contributed by atoms with E-state index in [2.05, 4.69) is 31.6 Å². The topological polar surface area (TPSA) is 85.8 Å². The predicted molar refractivity (Wildman–Crippen MR) is 83.2 cm³/mol. The molecule has 7 heteroatoms. The van der Waals surface area contributed by atoms with Crippen molar-refractivity contribution in [2.45, 2.75) is 31.7 Å². The molecular weight excluding hydrogens is 334 g/mol. The van der Waals surface area contributed by atoms with Gasteiger partial charge in [-0.25, -0.2) is 0 Å².